The third kappa shape index (κ3) is 2.78. The first-order chi connectivity index (χ1) is 8.67. The molecule has 19 heavy (non-hydrogen) atoms. The Kier molecular flexibility index (Phi) is 4.35. The Labute approximate surface area is 118 Å². The highest BCUT2D eigenvalue weighted by molar-refractivity contribution is 6.29. The Morgan fingerprint density at radius 1 is 1.32 bits per heavy atom. The fraction of sp³-hybridized carbons (Fsp3) is 0.500. The second-order valence-electron chi connectivity index (χ2n) is 5.49. The largest absolute Gasteiger partial charge is 0.465 e. The molecule has 0 aliphatic rings. The molecule has 0 atom stereocenters. The van der Waals surface area contributed by atoms with Gasteiger partial charge in [0.1, 0.15) is 11.4 Å². The van der Waals surface area contributed by atoms with Crippen LogP contribution in [-0.4, -0.2) is 24.3 Å². The van der Waals surface area contributed by atoms with E-state index in [-0.39, 0.29) is 5.15 Å². The highest BCUT2D eigenvalue weighted by Gasteiger charge is 2.42. The van der Waals surface area contributed by atoms with E-state index in [1.165, 1.54) is 13.2 Å². The minimum absolute atomic E-state index is 0.275. The zero-order valence-electron chi connectivity index (χ0n) is 11.8. The van der Waals surface area contributed by atoms with Gasteiger partial charge < -0.3 is 9.53 Å². The second-order valence-corrected chi connectivity index (χ2v) is 5.87. The quantitative estimate of drug-likeness (QED) is 0.484. The van der Waals surface area contributed by atoms with Gasteiger partial charge in [-0.15, -0.1) is 0 Å². The van der Waals surface area contributed by atoms with Crippen LogP contribution in [0.3, 0.4) is 0 Å². The molecule has 4 nitrogen and oxygen atoms in total. The van der Waals surface area contributed by atoms with Crippen LogP contribution in [0.15, 0.2) is 12.1 Å². The number of hydrogen-bond donors (Lipinski definition) is 0. The molecule has 1 heterocycles. The van der Waals surface area contributed by atoms with Gasteiger partial charge in [-0.25, -0.2) is 9.78 Å². The Bertz CT molecular complexity index is 509. The second kappa shape index (κ2) is 5.29. The van der Waals surface area contributed by atoms with E-state index in [0.29, 0.717) is 11.3 Å². The summed E-state index contributed by atoms with van der Waals surface area (Å²) in [5.41, 5.74) is -0.577. The molecule has 0 radical (unpaired) electrons. The van der Waals surface area contributed by atoms with Gasteiger partial charge in [0, 0.05) is 10.8 Å². The van der Waals surface area contributed by atoms with Crippen LogP contribution in [0.4, 0.5) is 0 Å². The van der Waals surface area contributed by atoms with Gasteiger partial charge in [0.05, 0.1) is 18.4 Å². The molecule has 0 saturated heterocycles. The van der Waals surface area contributed by atoms with E-state index < -0.39 is 16.8 Å². The zero-order chi connectivity index (χ0) is 14.8. The average Bonchev–Trinajstić information content (AvgIpc) is 2.37. The Morgan fingerprint density at radius 3 is 2.37 bits per heavy atom. The standard InChI is InChI=1S/C14H18ClNO3/c1-13(2,8-17)14(3,4)11-9(12(18)19-5)6-7-10(15)16-11/h6-8H,1-5H3. The monoisotopic (exact) mass is 283 g/mol. The number of pyridine rings is 1. The highest BCUT2D eigenvalue weighted by atomic mass is 35.5. The molecular weight excluding hydrogens is 266 g/mol. The summed E-state index contributed by atoms with van der Waals surface area (Å²) in [6, 6.07) is 3.10. The summed E-state index contributed by atoms with van der Waals surface area (Å²) in [6.45, 7) is 7.30. The smallest absolute Gasteiger partial charge is 0.339 e. The topological polar surface area (TPSA) is 56.3 Å². The fourth-order valence-corrected chi connectivity index (χ4v) is 1.79. The lowest BCUT2D eigenvalue weighted by Gasteiger charge is -2.37. The molecule has 1 aromatic heterocycles. The van der Waals surface area contributed by atoms with Crippen LogP contribution in [0.5, 0.6) is 0 Å². The van der Waals surface area contributed by atoms with Gasteiger partial charge in [0.25, 0.3) is 0 Å². The SMILES string of the molecule is COC(=O)c1ccc(Cl)nc1C(C)(C)C(C)(C)C=O. The van der Waals surface area contributed by atoms with Crippen molar-refractivity contribution in [2.75, 3.05) is 7.11 Å². The lowest BCUT2D eigenvalue weighted by Crippen LogP contribution is -2.40. The number of halogens is 1. The maximum Gasteiger partial charge on any atom is 0.339 e. The van der Waals surface area contributed by atoms with Crippen molar-refractivity contribution in [2.45, 2.75) is 33.1 Å². The molecule has 0 fully saturated rings. The molecule has 5 heteroatoms. The van der Waals surface area contributed by atoms with Gasteiger partial charge in [-0.3, -0.25) is 0 Å². The normalized spacial score (nSPS) is 12.1. The molecule has 0 aliphatic heterocycles. The molecule has 104 valence electrons. The molecular formula is C14H18ClNO3. The number of hydrogen-bond acceptors (Lipinski definition) is 4. The van der Waals surface area contributed by atoms with Gasteiger partial charge in [-0.1, -0.05) is 39.3 Å². The lowest BCUT2D eigenvalue weighted by molar-refractivity contribution is -0.117. The summed E-state index contributed by atoms with van der Waals surface area (Å²) in [5.74, 6) is -0.492. The van der Waals surface area contributed by atoms with Crippen LogP contribution < -0.4 is 0 Å². The van der Waals surface area contributed by atoms with E-state index in [2.05, 4.69) is 4.98 Å². The predicted octanol–water partition coefficient (Wildman–Crippen LogP) is 3.02. The molecule has 0 aromatic carbocycles. The van der Waals surface area contributed by atoms with E-state index in [1.54, 1.807) is 19.9 Å². The first-order valence-corrected chi connectivity index (χ1v) is 6.27. The number of aromatic nitrogens is 1. The minimum atomic E-state index is -0.701. The van der Waals surface area contributed by atoms with Crippen molar-refractivity contribution < 1.29 is 14.3 Å². The van der Waals surface area contributed by atoms with Crippen LogP contribution in [0, 0.1) is 5.41 Å². The van der Waals surface area contributed by atoms with Crippen LogP contribution in [0.2, 0.25) is 5.15 Å². The molecule has 0 unspecified atom stereocenters. The lowest BCUT2D eigenvalue weighted by atomic mass is 9.66. The molecule has 0 aliphatic carbocycles. The Morgan fingerprint density at radius 2 is 1.89 bits per heavy atom. The van der Waals surface area contributed by atoms with Crippen molar-refractivity contribution in [3.63, 3.8) is 0 Å². The third-order valence-electron chi connectivity index (χ3n) is 3.76. The van der Waals surface area contributed by atoms with Gasteiger partial charge >= 0.3 is 5.97 Å². The van der Waals surface area contributed by atoms with E-state index in [4.69, 9.17) is 16.3 Å². The van der Waals surface area contributed by atoms with Gasteiger partial charge in [0.2, 0.25) is 0 Å². The molecule has 1 aromatic rings. The molecule has 0 bridgehead atoms. The van der Waals surface area contributed by atoms with Crippen molar-refractivity contribution in [1.82, 2.24) is 4.98 Å². The molecule has 1 rings (SSSR count). The van der Waals surface area contributed by atoms with Crippen molar-refractivity contribution in [3.05, 3.63) is 28.5 Å². The van der Waals surface area contributed by atoms with Crippen molar-refractivity contribution in [1.29, 1.82) is 0 Å². The number of carbonyl (C=O) groups is 2. The van der Waals surface area contributed by atoms with Crippen molar-refractivity contribution in [3.8, 4) is 0 Å². The molecule has 0 spiro atoms. The third-order valence-corrected chi connectivity index (χ3v) is 3.97. The number of esters is 1. The van der Waals surface area contributed by atoms with Gasteiger partial charge in [0.15, 0.2) is 0 Å². The highest BCUT2D eigenvalue weighted by Crippen LogP contribution is 2.40. The summed E-state index contributed by atoms with van der Waals surface area (Å²) in [5, 5.41) is 0.275. The number of aldehydes is 1. The van der Waals surface area contributed by atoms with Gasteiger partial charge in [-0.2, -0.15) is 0 Å². The summed E-state index contributed by atoms with van der Waals surface area (Å²) in [4.78, 5) is 27.4. The first-order valence-electron chi connectivity index (χ1n) is 5.89. The summed E-state index contributed by atoms with van der Waals surface area (Å²) < 4.78 is 4.75. The minimum Gasteiger partial charge on any atom is -0.465 e. The molecule has 0 amide bonds. The number of nitrogens with zero attached hydrogens (tertiary/aromatic N) is 1. The van der Waals surface area contributed by atoms with Crippen LogP contribution in [0.25, 0.3) is 0 Å². The summed E-state index contributed by atoms with van der Waals surface area (Å²) in [7, 11) is 1.30. The van der Waals surface area contributed by atoms with E-state index in [0.717, 1.165) is 6.29 Å². The molecule has 0 saturated carbocycles. The van der Waals surface area contributed by atoms with Crippen LogP contribution >= 0.6 is 11.6 Å². The predicted molar refractivity (Wildman–Crippen MR) is 73.5 cm³/mol. The van der Waals surface area contributed by atoms with Gasteiger partial charge in [-0.05, 0) is 12.1 Å². The van der Waals surface area contributed by atoms with E-state index in [1.807, 2.05) is 13.8 Å². The van der Waals surface area contributed by atoms with Crippen LogP contribution in [-0.2, 0) is 14.9 Å². The first kappa shape index (κ1) is 15.6. The number of carbonyl (C=O) groups excluding carboxylic acids is 2. The summed E-state index contributed by atoms with van der Waals surface area (Å²) in [6.07, 6.45) is 0.858. The average molecular weight is 284 g/mol. The number of ether oxygens (including phenoxy) is 1. The number of rotatable bonds is 4. The Balaban J connectivity index is 3.52. The van der Waals surface area contributed by atoms with Crippen LogP contribution in [0.1, 0.15) is 43.7 Å². The van der Waals surface area contributed by atoms with E-state index in [9.17, 15) is 9.59 Å². The Hall–Kier alpha value is -1.42. The summed E-state index contributed by atoms with van der Waals surface area (Å²) >= 11 is 5.91. The maximum absolute atomic E-state index is 11.8. The maximum atomic E-state index is 11.8. The molecule has 0 N–H and O–H groups in total. The van der Waals surface area contributed by atoms with Crippen molar-refractivity contribution in [2.24, 2.45) is 5.41 Å². The van der Waals surface area contributed by atoms with Crippen molar-refractivity contribution >= 4 is 23.9 Å². The zero-order valence-corrected chi connectivity index (χ0v) is 12.5. The fourth-order valence-electron chi connectivity index (χ4n) is 1.64. The van der Waals surface area contributed by atoms with E-state index >= 15 is 0 Å². The number of methoxy groups -OCH3 is 1.